The smallest absolute Gasteiger partial charge is 0.254 e. The second kappa shape index (κ2) is 11.3. The fourth-order valence-corrected chi connectivity index (χ4v) is 4.00. The molecule has 0 saturated heterocycles. The first-order valence-electron chi connectivity index (χ1n) is 11.7. The molecule has 9 nitrogen and oxygen atoms in total. The van der Waals surface area contributed by atoms with Crippen molar-refractivity contribution in [2.45, 2.75) is 26.4 Å². The van der Waals surface area contributed by atoms with Crippen LogP contribution in [-0.4, -0.2) is 51.8 Å². The van der Waals surface area contributed by atoms with Crippen LogP contribution in [0.5, 0.6) is 11.5 Å². The summed E-state index contributed by atoms with van der Waals surface area (Å²) in [4.78, 5) is 23.7. The van der Waals surface area contributed by atoms with Gasteiger partial charge in [-0.05, 0) is 38.1 Å². The number of nitrogens with zero attached hydrogens (tertiary/aromatic N) is 5. The number of carbonyl (C=O) groups is 1. The summed E-state index contributed by atoms with van der Waals surface area (Å²) in [5, 5.41) is 7.95. The zero-order valence-corrected chi connectivity index (χ0v) is 22.2. The number of para-hydroxylation sites is 1. The molecular formula is C27H29ClN6O3. The van der Waals surface area contributed by atoms with Crippen molar-refractivity contribution < 1.29 is 14.3 Å². The number of nitrogens with one attached hydrogen (secondary N) is 1. The first-order chi connectivity index (χ1) is 17.8. The number of methoxy groups -OCH3 is 2. The third-order valence-corrected chi connectivity index (χ3v) is 6.07. The van der Waals surface area contributed by atoms with Crippen LogP contribution in [0, 0.1) is 0 Å². The molecule has 0 aliphatic heterocycles. The minimum absolute atomic E-state index is 0.150. The molecule has 192 valence electrons. The number of benzene rings is 2. The number of aromatic nitrogens is 4. The number of halogens is 1. The zero-order chi connectivity index (χ0) is 26.5. The standard InChI is InChI=1S/C27H29ClN6O3/c1-17(2)34-16-20(13-30-34)25-21(28)14-29-27(32-25)31-22-11-10-18(12-24(22)37-5)26(35)33(3)15-19-8-6-7-9-23(19)36-4/h6-14,16-17H,15H2,1-5H3,(H,29,31,32). The van der Waals surface area contributed by atoms with E-state index in [2.05, 4.69) is 20.4 Å². The number of carbonyl (C=O) groups excluding carboxylic acids is 1. The zero-order valence-electron chi connectivity index (χ0n) is 21.4. The number of amides is 1. The lowest BCUT2D eigenvalue weighted by Crippen LogP contribution is -2.26. The Labute approximate surface area is 221 Å². The van der Waals surface area contributed by atoms with Gasteiger partial charge in [0.2, 0.25) is 5.95 Å². The number of ether oxygens (including phenoxy) is 2. The molecule has 2 heterocycles. The van der Waals surface area contributed by atoms with Gasteiger partial charge in [0.1, 0.15) is 11.5 Å². The van der Waals surface area contributed by atoms with Crippen molar-refractivity contribution in [3.05, 3.63) is 77.2 Å². The van der Waals surface area contributed by atoms with Crippen LogP contribution in [0.25, 0.3) is 11.3 Å². The topological polar surface area (TPSA) is 94.4 Å². The lowest BCUT2D eigenvalue weighted by molar-refractivity contribution is 0.0784. The number of hydrogen-bond donors (Lipinski definition) is 1. The lowest BCUT2D eigenvalue weighted by atomic mass is 10.1. The van der Waals surface area contributed by atoms with Crippen LogP contribution < -0.4 is 14.8 Å². The first kappa shape index (κ1) is 26.0. The molecule has 0 atom stereocenters. The Hall–Kier alpha value is -4.11. The van der Waals surface area contributed by atoms with Crippen molar-refractivity contribution in [1.29, 1.82) is 0 Å². The summed E-state index contributed by atoms with van der Waals surface area (Å²) in [7, 11) is 4.91. The SMILES string of the molecule is COc1ccccc1CN(C)C(=O)c1ccc(Nc2ncc(Cl)c(-c3cnn(C(C)C)c3)n2)c(OC)c1. The Morgan fingerprint density at radius 2 is 1.86 bits per heavy atom. The molecule has 2 aromatic carbocycles. The van der Waals surface area contributed by atoms with Gasteiger partial charge in [-0.1, -0.05) is 29.8 Å². The minimum Gasteiger partial charge on any atom is -0.496 e. The maximum Gasteiger partial charge on any atom is 0.254 e. The Kier molecular flexibility index (Phi) is 7.93. The second-order valence-corrected chi connectivity index (χ2v) is 9.11. The van der Waals surface area contributed by atoms with E-state index < -0.39 is 0 Å². The highest BCUT2D eigenvalue weighted by atomic mass is 35.5. The average molecular weight is 521 g/mol. The van der Waals surface area contributed by atoms with Crippen molar-refractivity contribution >= 4 is 29.1 Å². The van der Waals surface area contributed by atoms with E-state index in [1.165, 1.54) is 6.20 Å². The summed E-state index contributed by atoms with van der Waals surface area (Å²) in [5.41, 5.74) is 3.36. The highest BCUT2D eigenvalue weighted by molar-refractivity contribution is 6.32. The molecule has 0 aliphatic rings. The molecule has 37 heavy (non-hydrogen) atoms. The van der Waals surface area contributed by atoms with E-state index in [9.17, 15) is 4.79 Å². The Morgan fingerprint density at radius 3 is 2.57 bits per heavy atom. The maximum atomic E-state index is 13.1. The highest BCUT2D eigenvalue weighted by Gasteiger charge is 2.17. The number of anilines is 2. The molecular weight excluding hydrogens is 492 g/mol. The van der Waals surface area contributed by atoms with Gasteiger partial charge in [-0.3, -0.25) is 9.48 Å². The Morgan fingerprint density at radius 1 is 1.11 bits per heavy atom. The maximum absolute atomic E-state index is 13.1. The number of hydrogen-bond acceptors (Lipinski definition) is 7. The van der Waals surface area contributed by atoms with Gasteiger partial charge in [-0.15, -0.1) is 0 Å². The molecule has 4 aromatic rings. The van der Waals surface area contributed by atoms with Crippen LogP contribution in [0.1, 0.15) is 35.8 Å². The summed E-state index contributed by atoms with van der Waals surface area (Å²) in [6.45, 7) is 4.49. The molecule has 0 bridgehead atoms. The molecule has 0 saturated carbocycles. The monoisotopic (exact) mass is 520 g/mol. The van der Waals surface area contributed by atoms with E-state index >= 15 is 0 Å². The average Bonchev–Trinajstić information content (AvgIpc) is 3.40. The molecule has 10 heteroatoms. The van der Waals surface area contributed by atoms with Crippen LogP contribution in [0.4, 0.5) is 11.6 Å². The largest absolute Gasteiger partial charge is 0.496 e. The summed E-state index contributed by atoms with van der Waals surface area (Å²) < 4.78 is 12.8. The van der Waals surface area contributed by atoms with Gasteiger partial charge in [-0.25, -0.2) is 9.97 Å². The predicted molar refractivity (Wildman–Crippen MR) is 144 cm³/mol. The molecule has 1 N–H and O–H groups in total. The van der Waals surface area contributed by atoms with Crippen molar-refractivity contribution in [3.63, 3.8) is 0 Å². The molecule has 0 fully saturated rings. The van der Waals surface area contributed by atoms with Crippen LogP contribution in [0.2, 0.25) is 5.02 Å². The van der Waals surface area contributed by atoms with E-state index in [1.807, 2.05) is 49.0 Å². The summed E-state index contributed by atoms with van der Waals surface area (Å²) >= 11 is 6.38. The van der Waals surface area contributed by atoms with E-state index in [0.717, 1.165) is 16.9 Å². The van der Waals surface area contributed by atoms with Gasteiger partial charge in [0.25, 0.3) is 5.91 Å². The normalized spacial score (nSPS) is 10.9. The van der Waals surface area contributed by atoms with E-state index in [1.54, 1.807) is 50.6 Å². The fourth-order valence-electron chi connectivity index (χ4n) is 3.80. The first-order valence-corrected chi connectivity index (χ1v) is 12.1. The van der Waals surface area contributed by atoms with Gasteiger partial charge < -0.3 is 19.7 Å². The van der Waals surface area contributed by atoms with Crippen LogP contribution >= 0.6 is 11.6 Å². The van der Waals surface area contributed by atoms with Gasteiger partial charge in [0.05, 0.1) is 43.0 Å². The molecule has 0 unspecified atom stereocenters. The molecule has 0 spiro atoms. The van der Waals surface area contributed by atoms with Crippen molar-refractivity contribution in [3.8, 4) is 22.8 Å². The van der Waals surface area contributed by atoms with Gasteiger partial charge in [0.15, 0.2) is 0 Å². The highest BCUT2D eigenvalue weighted by Crippen LogP contribution is 2.31. The van der Waals surface area contributed by atoms with Crippen LogP contribution in [0.3, 0.4) is 0 Å². The third kappa shape index (κ3) is 5.83. The van der Waals surface area contributed by atoms with E-state index in [0.29, 0.717) is 40.2 Å². The summed E-state index contributed by atoms with van der Waals surface area (Å²) in [6, 6.07) is 13.0. The van der Waals surface area contributed by atoms with Gasteiger partial charge in [0, 0.05) is 42.5 Å². The summed E-state index contributed by atoms with van der Waals surface area (Å²) in [5.74, 6) is 1.40. The van der Waals surface area contributed by atoms with E-state index in [4.69, 9.17) is 21.1 Å². The van der Waals surface area contributed by atoms with Crippen molar-refractivity contribution in [1.82, 2.24) is 24.6 Å². The van der Waals surface area contributed by atoms with Gasteiger partial charge >= 0.3 is 0 Å². The molecule has 0 aliphatic carbocycles. The Bertz CT molecular complexity index is 1400. The van der Waals surface area contributed by atoms with Crippen LogP contribution in [0.15, 0.2) is 61.1 Å². The third-order valence-electron chi connectivity index (χ3n) is 5.79. The molecule has 1 amide bonds. The fraction of sp³-hybridized carbons (Fsp3) is 0.259. The number of rotatable bonds is 9. The lowest BCUT2D eigenvalue weighted by Gasteiger charge is -2.20. The quantitative estimate of drug-likeness (QED) is 0.306. The molecule has 0 radical (unpaired) electrons. The van der Waals surface area contributed by atoms with Crippen LogP contribution in [-0.2, 0) is 6.54 Å². The predicted octanol–water partition coefficient (Wildman–Crippen LogP) is 5.61. The van der Waals surface area contributed by atoms with Crippen molar-refractivity contribution in [2.75, 3.05) is 26.6 Å². The van der Waals surface area contributed by atoms with E-state index in [-0.39, 0.29) is 11.9 Å². The van der Waals surface area contributed by atoms with Gasteiger partial charge in [-0.2, -0.15) is 5.10 Å². The molecule has 2 aromatic heterocycles. The molecule has 4 rings (SSSR count). The Balaban J connectivity index is 1.54. The summed E-state index contributed by atoms with van der Waals surface area (Å²) in [6.07, 6.45) is 5.15. The van der Waals surface area contributed by atoms with Crippen molar-refractivity contribution in [2.24, 2.45) is 0 Å². The minimum atomic E-state index is -0.150. The second-order valence-electron chi connectivity index (χ2n) is 8.71.